The minimum atomic E-state index is 0.661. The second-order valence-corrected chi connectivity index (χ2v) is 5.54. The molecule has 1 aromatic carbocycles. The second kappa shape index (κ2) is 5.77. The number of aromatic nitrogens is 4. The average Bonchev–Trinajstić information content (AvgIpc) is 3.08. The van der Waals surface area contributed by atoms with Gasteiger partial charge >= 0.3 is 0 Å². The van der Waals surface area contributed by atoms with Gasteiger partial charge in [0, 0.05) is 34.8 Å². The highest BCUT2D eigenvalue weighted by Crippen LogP contribution is 2.31. The molecule has 3 aromatic heterocycles. The van der Waals surface area contributed by atoms with Gasteiger partial charge in [-0.2, -0.15) is 0 Å². The third-order valence-corrected chi connectivity index (χ3v) is 3.96. The maximum absolute atomic E-state index is 5.45. The standard InChI is InChI=1S/C19H16N4O/c1-13-6-5-9-18-21-19(22-23(13)18)15-10-14(11-20-12-15)16-7-3-4-8-17(16)24-2/h3-12H,1-2H3. The summed E-state index contributed by atoms with van der Waals surface area (Å²) in [5, 5.41) is 4.59. The maximum Gasteiger partial charge on any atom is 0.183 e. The Hall–Kier alpha value is -3.21. The Morgan fingerprint density at radius 2 is 1.79 bits per heavy atom. The Kier molecular flexibility index (Phi) is 3.46. The van der Waals surface area contributed by atoms with Gasteiger partial charge in [-0.05, 0) is 31.2 Å². The normalized spacial score (nSPS) is 10.9. The van der Waals surface area contributed by atoms with Crippen LogP contribution in [0.1, 0.15) is 5.69 Å². The summed E-state index contributed by atoms with van der Waals surface area (Å²) >= 11 is 0. The molecule has 5 heteroatoms. The first-order chi connectivity index (χ1) is 11.8. The van der Waals surface area contributed by atoms with Crippen molar-refractivity contribution in [3.8, 4) is 28.3 Å². The number of methoxy groups -OCH3 is 1. The van der Waals surface area contributed by atoms with Crippen molar-refractivity contribution in [2.24, 2.45) is 0 Å². The number of ether oxygens (including phenoxy) is 1. The van der Waals surface area contributed by atoms with E-state index in [2.05, 4.69) is 15.1 Å². The molecule has 0 radical (unpaired) electrons. The van der Waals surface area contributed by atoms with Crippen LogP contribution in [-0.4, -0.2) is 26.7 Å². The SMILES string of the molecule is COc1ccccc1-c1cncc(-c2nc3cccc(C)n3n2)c1. The van der Waals surface area contributed by atoms with Crippen molar-refractivity contribution in [1.29, 1.82) is 0 Å². The Morgan fingerprint density at radius 3 is 2.62 bits per heavy atom. The molecular weight excluding hydrogens is 300 g/mol. The van der Waals surface area contributed by atoms with Crippen molar-refractivity contribution in [3.63, 3.8) is 0 Å². The van der Waals surface area contributed by atoms with E-state index in [0.29, 0.717) is 5.82 Å². The number of benzene rings is 1. The predicted molar refractivity (Wildman–Crippen MR) is 92.9 cm³/mol. The van der Waals surface area contributed by atoms with E-state index >= 15 is 0 Å². The van der Waals surface area contributed by atoms with E-state index in [1.54, 1.807) is 13.3 Å². The van der Waals surface area contributed by atoms with Crippen molar-refractivity contribution >= 4 is 5.65 Å². The first-order valence-electron chi connectivity index (χ1n) is 7.67. The van der Waals surface area contributed by atoms with Crippen molar-refractivity contribution in [3.05, 3.63) is 66.6 Å². The molecule has 118 valence electrons. The summed E-state index contributed by atoms with van der Waals surface area (Å²) in [5.41, 5.74) is 4.71. The van der Waals surface area contributed by atoms with Crippen LogP contribution in [-0.2, 0) is 0 Å². The number of rotatable bonds is 3. The molecule has 0 saturated carbocycles. The molecule has 0 aliphatic heterocycles. The van der Waals surface area contributed by atoms with Crippen LogP contribution in [0.15, 0.2) is 60.9 Å². The molecule has 0 N–H and O–H groups in total. The number of aryl methyl sites for hydroxylation is 1. The van der Waals surface area contributed by atoms with Gasteiger partial charge in [-0.15, -0.1) is 5.10 Å². The Bertz CT molecular complexity index is 1020. The van der Waals surface area contributed by atoms with E-state index in [-0.39, 0.29) is 0 Å². The van der Waals surface area contributed by atoms with E-state index in [0.717, 1.165) is 33.8 Å². The zero-order chi connectivity index (χ0) is 16.5. The molecule has 0 spiro atoms. The van der Waals surface area contributed by atoms with Crippen molar-refractivity contribution < 1.29 is 4.74 Å². The van der Waals surface area contributed by atoms with Crippen LogP contribution in [0.25, 0.3) is 28.2 Å². The fourth-order valence-corrected chi connectivity index (χ4v) is 2.75. The Balaban J connectivity index is 1.83. The lowest BCUT2D eigenvalue weighted by Crippen LogP contribution is -1.92. The number of fused-ring (bicyclic) bond motifs is 1. The first kappa shape index (κ1) is 14.4. The van der Waals surface area contributed by atoms with Crippen LogP contribution < -0.4 is 4.74 Å². The van der Waals surface area contributed by atoms with Crippen molar-refractivity contribution in [2.45, 2.75) is 6.92 Å². The molecule has 4 aromatic rings. The van der Waals surface area contributed by atoms with Crippen molar-refractivity contribution in [1.82, 2.24) is 19.6 Å². The molecule has 3 heterocycles. The highest BCUT2D eigenvalue weighted by atomic mass is 16.5. The highest BCUT2D eigenvalue weighted by Gasteiger charge is 2.11. The molecule has 0 aliphatic carbocycles. The molecule has 0 unspecified atom stereocenters. The van der Waals surface area contributed by atoms with E-state index in [1.165, 1.54) is 0 Å². The molecule has 0 bridgehead atoms. The fourth-order valence-electron chi connectivity index (χ4n) is 2.75. The molecule has 0 saturated heterocycles. The monoisotopic (exact) mass is 316 g/mol. The number of pyridine rings is 2. The van der Waals surface area contributed by atoms with E-state index in [1.807, 2.05) is 66.2 Å². The molecule has 4 rings (SSSR count). The summed E-state index contributed by atoms with van der Waals surface area (Å²) in [5.74, 6) is 1.48. The fraction of sp³-hybridized carbons (Fsp3) is 0.105. The van der Waals surface area contributed by atoms with E-state index in [4.69, 9.17) is 4.74 Å². The summed E-state index contributed by atoms with van der Waals surface area (Å²) in [6.07, 6.45) is 3.60. The van der Waals surface area contributed by atoms with Crippen LogP contribution in [0.4, 0.5) is 0 Å². The average molecular weight is 316 g/mol. The van der Waals surface area contributed by atoms with Crippen LogP contribution in [0.5, 0.6) is 5.75 Å². The number of para-hydroxylation sites is 1. The second-order valence-electron chi connectivity index (χ2n) is 5.54. The van der Waals surface area contributed by atoms with Crippen LogP contribution in [0, 0.1) is 6.92 Å². The van der Waals surface area contributed by atoms with Gasteiger partial charge in [0.25, 0.3) is 0 Å². The van der Waals surface area contributed by atoms with Gasteiger partial charge in [0.1, 0.15) is 5.75 Å². The van der Waals surface area contributed by atoms with Crippen LogP contribution >= 0.6 is 0 Å². The van der Waals surface area contributed by atoms with Gasteiger partial charge in [-0.25, -0.2) is 9.50 Å². The Labute approximate surface area is 139 Å². The molecule has 0 amide bonds. The minimum Gasteiger partial charge on any atom is -0.496 e. The molecule has 5 nitrogen and oxygen atoms in total. The minimum absolute atomic E-state index is 0.661. The van der Waals surface area contributed by atoms with E-state index in [9.17, 15) is 0 Å². The molecular formula is C19H16N4O. The Morgan fingerprint density at radius 1 is 0.958 bits per heavy atom. The smallest absolute Gasteiger partial charge is 0.183 e. The third-order valence-electron chi connectivity index (χ3n) is 3.96. The lowest BCUT2D eigenvalue weighted by molar-refractivity contribution is 0.416. The summed E-state index contributed by atoms with van der Waals surface area (Å²) in [6, 6.07) is 15.9. The van der Waals surface area contributed by atoms with Gasteiger partial charge < -0.3 is 4.74 Å². The zero-order valence-corrected chi connectivity index (χ0v) is 13.5. The highest BCUT2D eigenvalue weighted by molar-refractivity contribution is 5.73. The third kappa shape index (κ3) is 2.40. The van der Waals surface area contributed by atoms with Gasteiger partial charge in [0.2, 0.25) is 0 Å². The van der Waals surface area contributed by atoms with E-state index < -0.39 is 0 Å². The zero-order valence-electron chi connectivity index (χ0n) is 13.5. The number of hydrogen-bond donors (Lipinski definition) is 0. The maximum atomic E-state index is 5.45. The molecule has 24 heavy (non-hydrogen) atoms. The molecule has 0 atom stereocenters. The summed E-state index contributed by atoms with van der Waals surface area (Å²) < 4.78 is 7.28. The predicted octanol–water partition coefficient (Wildman–Crippen LogP) is 3.78. The summed E-state index contributed by atoms with van der Waals surface area (Å²) in [4.78, 5) is 8.96. The van der Waals surface area contributed by atoms with Gasteiger partial charge in [0.15, 0.2) is 11.5 Å². The number of nitrogens with zero attached hydrogens (tertiary/aromatic N) is 4. The number of hydrogen-bond acceptors (Lipinski definition) is 4. The topological polar surface area (TPSA) is 52.3 Å². The summed E-state index contributed by atoms with van der Waals surface area (Å²) in [7, 11) is 1.67. The van der Waals surface area contributed by atoms with Crippen LogP contribution in [0.3, 0.4) is 0 Å². The molecule has 0 aliphatic rings. The quantitative estimate of drug-likeness (QED) is 0.577. The van der Waals surface area contributed by atoms with Crippen LogP contribution in [0.2, 0.25) is 0 Å². The van der Waals surface area contributed by atoms with Gasteiger partial charge in [0.05, 0.1) is 7.11 Å². The van der Waals surface area contributed by atoms with Crippen molar-refractivity contribution in [2.75, 3.05) is 7.11 Å². The van der Waals surface area contributed by atoms with Gasteiger partial charge in [-0.3, -0.25) is 4.98 Å². The lowest BCUT2D eigenvalue weighted by Gasteiger charge is -2.08. The largest absolute Gasteiger partial charge is 0.496 e. The molecule has 0 fully saturated rings. The first-order valence-corrected chi connectivity index (χ1v) is 7.67. The lowest BCUT2D eigenvalue weighted by atomic mass is 10.0. The van der Waals surface area contributed by atoms with Gasteiger partial charge in [-0.1, -0.05) is 24.3 Å². The summed E-state index contributed by atoms with van der Waals surface area (Å²) in [6.45, 7) is 2.01.